The third-order valence-electron chi connectivity index (χ3n) is 12.7. The molecule has 294 valence electrons. The predicted molar refractivity (Wildman–Crippen MR) is 249 cm³/mol. The van der Waals surface area contributed by atoms with Gasteiger partial charge in [0.15, 0.2) is 17.5 Å². The molecule has 13 rings (SSSR count). The molecule has 0 atom stereocenters. The van der Waals surface area contributed by atoms with E-state index in [4.69, 9.17) is 24.1 Å². The average molecular weight is 807 g/mol. The zero-order valence-corrected chi connectivity index (χ0v) is 33.7. The van der Waals surface area contributed by atoms with E-state index in [0.29, 0.717) is 17.5 Å². The third-order valence-corrected chi connectivity index (χ3v) is 12.7. The highest BCUT2D eigenvalue weighted by Crippen LogP contribution is 2.62. The summed E-state index contributed by atoms with van der Waals surface area (Å²) in [6, 6.07) is 67.7. The number of benzene rings is 8. The topological polar surface area (TPSA) is 73.9 Å². The molecule has 0 fully saturated rings. The van der Waals surface area contributed by atoms with Crippen LogP contribution in [0.4, 0.5) is 0 Å². The first-order chi connectivity index (χ1) is 31.2. The lowest BCUT2D eigenvalue weighted by Crippen LogP contribution is -2.32. The third kappa shape index (κ3) is 5.38. The fourth-order valence-electron chi connectivity index (χ4n) is 9.94. The van der Waals surface area contributed by atoms with E-state index in [1.165, 1.54) is 22.3 Å². The largest absolute Gasteiger partial charge is 0.457 e. The average Bonchev–Trinajstić information content (AvgIpc) is 3.88. The maximum atomic E-state index is 6.74. The zero-order valence-electron chi connectivity index (χ0n) is 33.7. The van der Waals surface area contributed by atoms with E-state index in [0.717, 1.165) is 83.5 Å². The Bertz CT molecular complexity index is 3570. The van der Waals surface area contributed by atoms with Crippen LogP contribution in [0.25, 0.3) is 89.5 Å². The summed E-state index contributed by atoms with van der Waals surface area (Å²) in [5, 5.41) is 1.92. The summed E-state index contributed by atoms with van der Waals surface area (Å²) in [4.78, 5) is 19.8. The number of furan rings is 1. The Morgan fingerprint density at radius 2 is 0.968 bits per heavy atom. The van der Waals surface area contributed by atoms with Crippen molar-refractivity contribution in [3.63, 3.8) is 0 Å². The Morgan fingerprint density at radius 1 is 0.365 bits per heavy atom. The van der Waals surface area contributed by atoms with Gasteiger partial charge in [-0.2, -0.15) is 0 Å². The van der Waals surface area contributed by atoms with Crippen LogP contribution in [0.2, 0.25) is 0 Å². The van der Waals surface area contributed by atoms with Crippen LogP contribution in [0, 0.1) is 0 Å². The minimum Gasteiger partial charge on any atom is -0.457 e. The first-order valence-corrected chi connectivity index (χ1v) is 21.1. The number of nitrogens with zero attached hydrogens (tertiary/aromatic N) is 4. The van der Waals surface area contributed by atoms with Crippen molar-refractivity contribution in [2.45, 2.75) is 5.41 Å². The minimum absolute atomic E-state index is 0.558. The predicted octanol–water partition coefficient (Wildman–Crippen LogP) is 14.0. The molecule has 2 aliphatic rings. The van der Waals surface area contributed by atoms with Crippen LogP contribution >= 0.6 is 0 Å². The van der Waals surface area contributed by atoms with Crippen LogP contribution in [0.3, 0.4) is 0 Å². The molecule has 6 heteroatoms. The van der Waals surface area contributed by atoms with Gasteiger partial charge in [-0.05, 0) is 87.5 Å². The molecule has 6 nitrogen and oxygen atoms in total. The minimum atomic E-state index is -0.558. The molecule has 0 unspecified atom stereocenters. The molecule has 63 heavy (non-hydrogen) atoms. The summed E-state index contributed by atoms with van der Waals surface area (Å²) in [6.45, 7) is 0. The van der Waals surface area contributed by atoms with Gasteiger partial charge in [0.2, 0.25) is 0 Å². The summed E-state index contributed by atoms with van der Waals surface area (Å²) in [5.41, 5.74) is 15.1. The highest BCUT2D eigenvalue weighted by Gasteiger charge is 2.51. The molecule has 1 aliphatic heterocycles. The highest BCUT2D eigenvalue weighted by molar-refractivity contribution is 6.13. The van der Waals surface area contributed by atoms with Gasteiger partial charge in [-0.1, -0.05) is 146 Å². The number of hydrogen-bond acceptors (Lipinski definition) is 6. The van der Waals surface area contributed by atoms with Crippen molar-refractivity contribution < 1.29 is 9.15 Å². The van der Waals surface area contributed by atoms with Crippen molar-refractivity contribution in [2.75, 3.05) is 0 Å². The molecule has 0 saturated heterocycles. The molecule has 11 aromatic rings. The van der Waals surface area contributed by atoms with Crippen LogP contribution < -0.4 is 4.74 Å². The Morgan fingerprint density at radius 3 is 1.78 bits per heavy atom. The molecule has 1 spiro atoms. The van der Waals surface area contributed by atoms with E-state index in [9.17, 15) is 0 Å². The molecule has 8 aromatic carbocycles. The van der Waals surface area contributed by atoms with Gasteiger partial charge in [-0.15, -0.1) is 0 Å². The van der Waals surface area contributed by atoms with Gasteiger partial charge in [-0.25, -0.2) is 15.0 Å². The van der Waals surface area contributed by atoms with Crippen molar-refractivity contribution >= 4 is 21.9 Å². The molecule has 0 N–H and O–H groups in total. The normalized spacial score (nSPS) is 13.0. The van der Waals surface area contributed by atoms with Crippen LogP contribution in [-0.4, -0.2) is 19.9 Å². The van der Waals surface area contributed by atoms with Crippen molar-refractivity contribution in [1.29, 1.82) is 0 Å². The number of ether oxygens (including phenoxy) is 1. The number of fused-ring (bicyclic) bond motifs is 12. The Balaban J connectivity index is 0.992. The molecule has 1 aliphatic carbocycles. The maximum Gasteiger partial charge on any atom is 0.164 e. The Labute approximate surface area is 362 Å². The van der Waals surface area contributed by atoms with Gasteiger partial charge in [0, 0.05) is 56.5 Å². The number of rotatable bonds is 5. The molecule has 0 amide bonds. The quantitative estimate of drug-likeness (QED) is 0.172. The first-order valence-electron chi connectivity index (χ1n) is 21.1. The summed E-state index contributed by atoms with van der Waals surface area (Å²) < 4.78 is 13.3. The second-order valence-electron chi connectivity index (χ2n) is 16.1. The number of para-hydroxylation sites is 1. The van der Waals surface area contributed by atoms with Crippen LogP contribution in [0.1, 0.15) is 22.3 Å². The SMILES string of the molecule is c1ccc(-c2nc(-c3cccc(-c4cccnc4)c3)nc(-c3cccc4oc5ccc(-c6ccc7c(c6)C6(c8ccccc8O7)c7ccccc7-c7ccccc76)cc5c34)n2)cc1. The molecule has 4 heterocycles. The highest BCUT2D eigenvalue weighted by atomic mass is 16.5. The number of pyridine rings is 1. The van der Waals surface area contributed by atoms with Gasteiger partial charge in [0.1, 0.15) is 22.7 Å². The van der Waals surface area contributed by atoms with Crippen LogP contribution in [-0.2, 0) is 5.41 Å². The fourth-order valence-corrected chi connectivity index (χ4v) is 9.94. The lowest BCUT2D eigenvalue weighted by atomic mass is 9.66. The van der Waals surface area contributed by atoms with Gasteiger partial charge in [-0.3, -0.25) is 4.98 Å². The van der Waals surface area contributed by atoms with Gasteiger partial charge in [0.05, 0.1) is 5.41 Å². The molecule has 0 radical (unpaired) electrons. The first kappa shape index (κ1) is 35.3. The fraction of sp³-hybridized carbons (Fsp3) is 0.0175. The standard InChI is InChI=1S/C57H34N4O2/c1-2-13-35(14-3-1)54-59-55(39-16-10-15-36(31-39)40-17-12-30-58-34-40)61-56(60-54)43-20-11-25-52-53(43)44-32-37(26-28-49(44)62-52)38-27-29-51-48(33-38)57(47-23-8-9-24-50(47)63-51)45-21-6-4-18-41(45)42-19-5-7-22-46(42)57/h1-34H. The molecular formula is C57H34N4O2. The van der Waals surface area contributed by atoms with E-state index in [1.54, 1.807) is 6.20 Å². The van der Waals surface area contributed by atoms with Crippen LogP contribution in [0.15, 0.2) is 211 Å². The van der Waals surface area contributed by atoms with E-state index in [1.807, 2.05) is 66.9 Å². The van der Waals surface area contributed by atoms with Gasteiger partial charge < -0.3 is 9.15 Å². The number of aromatic nitrogens is 4. The van der Waals surface area contributed by atoms with Gasteiger partial charge in [0.25, 0.3) is 0 Å². The van der Waals surface area contributed by atoms with Crippen molar-refractivity contribution in [2.24, 2.45) is 0 Å². The van der Waals surface area contributed by atoms with Crippen LogP contribution in [0.5, 0.6) is 11.5 Å². The van der Waals surface area contributed by atoms with E-state index >= 15 is 0 Å². The van der Waals surface area contributed by atoms with Crippen molar-refractivity contribution in [1.82, 2.24) is 19.9 Å². The molecule has 0 saturated carbocycles. The van der Waals surface area contributed by atoms with E-state index in [-0.39, 0.29) is 0 Å². The molecular weight excluding hydrogens is 773 g/mol. The van der Waals surface area contributed by atoms with Gasteiger partial charge >= 0.3 is 0 Å². The molecule has 0 bridgehead atoms. The second kappa shape index (κ2) is 13.8. The Kier molecular flexibility index (Phi) is 7.72. The molecule has 3 aromatic heterocycles. The summed E-state index contributed by atoms with van der Waals surface area (Å²) in [5.74, 6) is 3.47. The monoisotopic (exact) mass is 806 g/mol. The number of hydrogen-bond donors (Lipinski definition) is 0. The summed E-state index contributed by atoms with van der Waals surface area (Å²) >= 11 is 0. The van der Waals surface area contributed by atoms with E-state index < -0.39 is 5.41 Å². The lowest BCUT2D eigenvalue weighted by molar-refractivity contribution is 0.436. The Hall–Kier alpha value is -8.48. The summed E-state index contributed by atoms with van der Waals surface area (Å²) in [7, 11) is 0. The van der Waals surface area contributed by atoms with Crippen molar-refractivity contribution in [3.8, 4) is 79.0 Å². The zero-order chi connectivity index (χ0) is 41.5. The maximum absolute atomic E-state index is 6.74. The lowest BCUT2D eigenvalue weighted by Gasteiger charge is -2.39. The van der Waals surface area contributed by atoms with Crippen molar-refractivity contribution in [3.05, 3.63) is 229 Å². The summed E-state index contributed by atoms with van der Waals surface area (Å²) in [6.07, 6.45) is 3.65. The van der Waals surface area contributed by atoms with E-state index in [2.05, 4.69) is 138 Å². The smallest absolute Gasteiger partial charge is 0.164 e. The second-order valence-corrected chi connectivity index (χ2v) is 16.1.